The number of nitrogens with zero attached hydrogens (tertiary/aromatic N) is 2. The normalized spacial score (nSPS) is 20.2. The summed E-state index contributed by atoms with van der Waals surface area (Å²) in [5.74, 6) is 0. The fraction of sp³-hybridized carbons (Fsp3) is 1.00. The van der Waals surface area contributed by atoms with Crippen LogP contribution < -0.4 is 5.73 Å². The molecule has 1 aliphatic rings. The maximum absolute atomic E-state index is 8.75. The molecule has 6 heteroatoms. The summed E-state index contributed by atoms with van der Waals surface area (Å²) in [5.41, 5.74) is 6.11. The van der Waals surface area contributed by atoms with Gasteiger partial charge in [-0.25, -0.2) is 0 Å². The van der Waals surface area contributed by atoms with Crippen molar-refractivity contribution >= 4 is 7.12 Å². The number of hydrogen-bond acceptors (Lipinski definition) is 5. The summed E-state index contributed by atoms with van der Waals surface area (Å²) in [4.78, 5) is 4.90. The minimum atomic E-state index is -1.16. The minimum Gasteiger partial charge on any atom is -0.427 e. The molecule has 0 aromatic carbocycles. The fourth-order valence-corrected chi connectivity index (χ4v) is 2.55. The van der Waals surface area contributed by atoms with Gasteiger partial charge in [0, 0.05) is 19.1 Å². The molecule has 1 fully saturated rings. The number of nitrogens with two attached hydrogens (primary N) is 1. The van der Waals surface area contributed by atoms with Crippen molar-refractivity contribution in [2.24, 2.45) is 5.73 Å². The lowest BCUT2D eigenvalue weighted by molar-refractivity contribution is 0.264. The monoisotopic (exact) mass is 271 g/mol. The van der Waals surface area contributed by atoms with Crippen molar-refractivity contribution in [1.82, 2.24) is 9.80 Å². The van der Waals surface area contributed by atoms with E-state index in [4.69, 9.17) is 15.8 Å². The Morgan fingerprint density at radius 1 is 1.11 bits per heavy atom. The fourth-order valence-electron chi connectivity index (χ4n) is 2.55. The standard InChI is InChI=1S/C13H30BN3O2/c1-16-8-4-9-17(12-11-16)10-6-13(15)5-2-3-7-14(18)19/h13,18-19H,2-12,15H2,1H3. The van der Waals surface area contributed by atoms with Crippen LogP contribution in [0.15, 0.2) is 0 Å². The van der Waals surface area contributed by atoms with Gasteiger partial charge in [-0.3, -0.25) is 0 Å². The van der Waals surface area contributed by atoms with Crippen LogP contribution in [0.3, 0.4) is 0 Å². The summed E-state index contributed by atoms with van der Waals surface area (Å²) >= 11 is 0. The first-order valence-electron chi connectivity index (χ1n) is 7.60. The Hall–Kier alpha value is -0.135. The Kier molecular flexibility index (Phi) is 8.65. The predicted octanol–water partition coefficient (Wildman–Crippen LogP) is -0.0156. The minimum absolute atomic E-state index is 0.247. The number of unbranched alkanes of at least 4 members (excludes halogenated alkanes) is 1. The highest BCUT2D eigenvalue weighted by molar-refractivity contribution is 6.40. The molecule has 1 rings (SSSR count). The third kappa shape index (κ3) is 8.60. The highest BCUT2D eigenvalue weighted by Gasteiger charge is 2.13. The van der Waals surface area contributed by atoms with Crippen molar-refractivity contribution in [2.75, 3.05) is 39.8 Å². The van der Waals surface area contributed by atoms with E-state index >= 15 is 0 Å². The summed E-state index contributed by atoms with van der Waals surface area (Å²) < 4.78 is 0. The van der Waals surface area contributed by atoms with Crippen LogP contribution in [0.25, 0.3) is 0 Å². The van der Waals surface area contributed by atoms with Crippen LogP contribution in [0.5, 0.6) is 0 Å². The van der Waals surface area contributed by atoms with Gasteiger partial charge in [-0.15, -0.1) is 0 Å². The average Bonchev–Trinajstić information content (AvgIpc) is 2.57. The number of rotatable bonds is 8. The van der Waals surface area contributed by atoms with Crippen LogP contribution in [0.1, 0.15) is 32.1 Å². The summed E-state index contributed by atoms with van der Waals surface area (Å²) in [7, 11) is 1.02. The van der Waals surface area contributed by atoms with E-state index in [2.05, 4.69) is 16.8 Å². The third-order valence-corrected chi connectivity index (χ3v) is 3.92. The smallest absolute Gasteiger partial charge is 0.427 e. The Morgan fingerprint density at radius 3 is 2.63 bits per heavy atom. The van der Waals surface area contributed by atoms with Crippen LogP contribution in [0, 0.1) is 0 Å². The molecule has 0 aliphatic carbocycles. The molecule has 1 saturated heterocycles. The second kappa shape index (κ2) is 9.72. The summed E-state index contributed by atoms with van der Waals surface area (Å²) in [6, 6.07) is 0.247. The zero-order chi connectivity index (χ0) is 14.1. The zero-order valence-electron chi connectivity index (χ0n) is 12.3. The van der Waals surface area contributed by atoms with E-state index in [1.54, 1.807) is 0 Å². The molecule has 112 valence electrons. The van der Waals surface area contributed by atoms with E-state index in [0.717, 1.165) is 45.3 Å². The molecule has 1 unspecified atom stereocenters. The molecule has 1 heterocycles. The lowest BCUT2D eigenvalue weighted by Gasteiger charge is -2.22. The average molecular weight is 271 g/mol. The Bertz CT molecular complexity index is 232. The van der Waals surface area contributed by atoms with Crippen molar-refractivity contribution in [3.8, 4) is 0 Å². The highest BCUT2D eigenvalue weighted by Crippen LogP contribution is 2.08. The van der Waals surface area contributed by atoms with Gasteiger partial charge in [0.2, 0.25) is 0 Å². The number of likely N-dealkylation sites (N-methyl/N-ethyl adjacent to an activating group) is 1. The van der Waals surface area contributed by atoms with Crippen LogP contribution in [-0.4, -0.2) is 72.8 Å². The molecule has 0 amide bonds. The van der Waals surface area contributed by atoms with Crippen molar-refractivity contribution in [3.63, 3.8) is 0 Å². The molecular weight excluding hydrogens is 241 g/mol. The molecule has 0 aromatic heterocycles. The maximum Gasteiger partial charge on any atom is 0.451 e. The van der Waals surface area contributed by atoms with E-state index < -0.39 is 7.12 Å². The Labute approximate surface area is 117 Å². The van der Waals surface area contributed by atoms with Crippen molar-refractivity contribution in [2.45, 2.75) is 44.5 Å². The van der Waals surface area contributed by atoms with Crippen LogP contribution in [0.2, 0.25) is 6.32 Å². The molecule has 19 heavy (non-hydrogen) atoms. The Balaban J connectivity index is 2.04. The lowest BCUT2D eigenvalue weighted by atomic mass is 9.83. The summed E-state index contributed by atoms with van der Waals surface area (Å²) in [6.45, 7) is 5.79. The second-order valence-corrected chi connectivity index (χ2v) is 5.81. The van der Waals surface area contributed by atoms with Crippen LogP contribution >= 0.6 is 0 Å². The van der Waals surface area contributed by atoms with Gasteiger partial charge in [-0.2, -0.15) is 0 Å². The zero-order valence-corrected chi connectivity index (χ0v) is 12.3. The van der Waals surface area contributed by atoms with Crippen molar-refractivity contribution < 1.29 is 10.0 Å². The molecule has 1 aliphatic heterocycles. The molecule has 0 saturated carbocycles. The molecule has 5 nitrogen and oxygen atoms in total. The van der Waals surface area contributed by atoms with Gasteiger partial charge >= 0.3 is 7.12 Å². The van der Waals surface area contributed by atoms with E-state index in [1.165, 1.54) is 19.5 Å². The second-order valence-electron chi connectivity index (χ2n) is 5.81. The predicted molar refractivity (Wildman–Crippen MR) is 80.0 cm³/mol. The van der Waals surface area contributed by atoms with Gasteiger partial charge < -0.3 is 25.6 Å². The quantitative estimate of drug-likeness (QED) is 0.427. The molecule has 0 bridgehead atoms. The van der Waals surface area contributed by atoms with Gasteiger partial charge in [0.05, 0.1) is 0 Å². The van der Waals surface area contributed by atoms with E-state index in [0.29, 0.717) is 6.32 Å². The van der Waals surface area contributed by atoms with Crippen LogP contribution in [0.4, 0.5) is 0 Å². The van der Waals surface area contributed by atoms with E-state index in [1.807, 2.05) is 0 Å². The van der Waals surface area contributed by atoms with Crippen molar-refractivity contribution in [3.05, 3.63) is 0 Å². The molecule has 4 N–H and O–H groups in total. The topological polar surface area (TPSA) is 73.0 Å². The highest BCUT2D eigenvalue weighted by atomic mass is 16.4. The number of hydrogen-bond donors (Lipinski definition) is 3. The van der Waals surface area contributed by atoms with Crippen LogP contribution in [-0.2, 0) is 0 Å². The first-order valence-corrected chi connectivity index (χ1v) is 7.60. The van der Waals surface area contributed by atoms with Gasteiger partial charge in [0.15, 0.2) is 0 Å². The van der Waals surface area contributed by atoms with Gasteiger partial charge in [0.25, 0.3) is 0 Å². The van der Waals surface area contributed by atoms with Gasteiger partial charge in [0.1, 0.15) is 0 Å². The summed E-state index contributed by atoms with van der Waals surface area (Å²) in [6.07, 6.45) is 5.58. The molecule has 0 radical (unpaired) electrons. The molecule has 1 atom stereocenters. The van der Waals surface area contributed by atoms with Gasteiger partial charge in [-0.1, -0.05) is 12.8 Å². The van der Waals surface area contributed by atoms with Gasteiger partial charge in [-0.05, 0) is 52.3 Å². The lowest BCUT2D eigenvalue weighted by Crippen LogP contribution is -2.33. The first-order chi connectivity index (χ1) is 9.08. The summed E-state index contributed by atoms with van der Waals surface area (Å²) in [5, 5.41) is 17.5. The molecule has 0 aromatic rings. The van der Waals surface area contributed by atoms with E-state index in [-0.39, 0.29) is 6.04 Å². The largest absolute Gasteiger partial charge is 0.451 e. The Morgan fingerprint density at radius 2 is 1.89 bits per heavy atom. The first kappa shape index (κ1) is 16.9. The molecular formula is C13H30BN3O2. The SMILES string of the molecule is CN1CCCN(CCC(N)CCCCB(O)O)CC1. The van der Waals surface area contributed by atoms with E-state index in [9.17, 15) is 0 Å². The maximum atomic E-state index is 8.75. The third-order valence-electron chi connectivity index (χ3n) is 3.92. The molecule has 0 spiro atoms. The van der Waals surface area contributed by atoms with Crippen molar-refractivity contribution in [1.29, 1.82) is 0 Å².